The van der Waals surface area contributed by atoms with E-state index in [1.807, 2.05) is 12.1 Å². The van der Waals surface area contributed by atoms with Crippen LogP contribution in [-0.2, 0) is 4.74 Å². The fraction of sp³-hybridized carbons (Fsp3) is 0.667. The second-order valence-corrected chi connectivity index (χ2v) is 7.42. The molecule has 0 saturated carbocycles. The van der Waals surface area contributed by atoms with Crippen molar-refractivity contribution in [1.82, 2.24) is 15.5 Å². The first kappa shape index (κ1) is 20.9. The number of nitrogens with zero attached hydrogens (tertiary/aromatic N) is 3. The molecule has 1 aromatic carbocycles. The summed E-state index contributed by atoms with van der Waals surface area (Å²) in [5, 5.41) is 6.72. The number of hydrogen-bond donors (Lipinski definition) is 2. The van der Waals surface area contributed by atoms with Crippen LogP contribution in [0.4, 0.5) is 10.1 Å². The van der Waals surface area contributed by atoms with Crippen molar-refractivity contribution in [3.8, 4) is 0 Å². The first-order valence-electron chi connectivity index (χ1n) is 10.6. The number of hydrogen-bond acceptors (Lipinski definition) is 4. The van der Waals surface area contributed by atoms with Crippen molar-refractivity contribution in [1.29, 1.82) is 0 Å². The Balaban J connectivity index is 1.33. The number of halogens is 1. The molecule has 2 fully saturated rings. The molecule has 0 aromatic heterocycles. The van der Waals surface area contributed by atoms with Crippen LogP contribution in [0.2, 0.25) is 0 Å². The lowest BCUT2D eigenvalue weighted by Crippen LogP contribution is -2.47. The van der Waals surface area contributed by atoms with Gasteiger partial charge in [-0.3, -0.25) is 9.89 Å². The highest BCUT2D eigenvalue weighted by atomic mass is 19.1. The van der Waals surface area contributed by atoms with E-state index in [0.29, 0.717) is 0 Å². The standard InChI is InChI=1S/C21H34FN5O/c1-2-23-21(25-17-18-7-5-16-28-18)24-10-6-11-26-12-14-27(15-13-26)20-9-4-3-8-19(20)22/h3-4,8-9,18H,2,5-7,10-17H2,1H3,(H2,23,24,25). The minimum Gasteiger partial charge on any atom is -0.376 e. The van der Waals surface area contributed by atoms with Gasteiger partial charge in [-0.1, -0.05) is 12.1 Å². The van der Waals surface area contributed by atoms with E-state index in [1.54, 1.807) is 6.07 Å². The minimum absolute atomic E-state index is 0.126. The number of nitrogens with one attached hydrogen (secondary N) is 2. The predicted octanol–water partition coefficient (Wildman–Crippen LogP) is 2.07. The van der Waals surface area contributed by atoms with Gasteiger partial charge in [0.05, 0.1) is 18.3 Å². The second-order valence-electron chi connectivity index (χ2n) is 7.42. The van der Waals surface area contributed by atoms with Crippen molar-refractivity contribution in [2.75, 3.05) is 63.9 Å². The maximum Gasteiger partial charge on any atom is 0.191 e. The van der Waals surface area contributed by atoms with Gasteiger partial charge in [0.2, 0.25) is 0 Å². The summed E-state index contributed by atoms with van der Waals surface area (Å²) in [6.07, 6.45) is 3.60. The fourth-order valence-corrected chi connectivity index (χ4v) is 3.75. The largest absolute Gasteiger partial charge is 0.376 e. The first-order valence-corrected chi connectivity index (χ1v) is 10.6. The third-order valence-electron chi connectivity index (χ3n) is 5.33. The molecule has 156 valence electrons. The highest BCUT2D eigenvalue weighted by molar-refractivity contribution is 5.79. The lowest BCUT2D eigenvalue weighted by molar-refractivity contribution is 0.117. The van der Waals surface area contributed by atoms with Gasteiger partial charge in [-0.2, -0.15) is 0 Å². The summed E-state index contributed by atoms with van der Waals surface area (Å²) in [4.78, 5) is 9.24. The summed E-state index contributed by atoms with van der Waals surface area (Å²) in [6, 6.07) is 7.05. The Morgan fingerprint density at radius 3 is 2.75 bits per heavy atom. The average Bonchev–Trinajstić information content (AvgIpc) is 3.24. The Kier molecular flexibility index (Phi) is 8.36. The maximum absolute atomic E-state index is 13.9. The van der Waals surface area contributed by atoms with Crippen LogP contribution in [0.1, 0.15) is 26.2 Å². The molecule has 28 heavy (non-hydrogen) atoms. The Hall–Kier alpha value is -1.86. The van der Waals surface area contributed by atoms with Crippen LogP contribution >= 0.6 is 0 Å². The second kappa shape index (κ2) is 11.2. The molecule has 3 rings (SSSR count). The lowest BCUT2D eigenvalue weighted by atomic mass is 10.2. The molecule has 2 aliphatic rings. The third kappa shape index (κ3) is 6.34. The van der Waals surface area contributed by atoms with Gasteiger partial charge < -0.3 is 20.3 Å². The van der Waals surface area contributed by atoms with E-state index in [4.69, 9.17) is 4.74 Å². The topological polar surface area (TPSA) is 52.1 Å². The average molecular weight is 392 g/mol. The van der Waals surface area contributed by atoms with Gasteiger partial charge in [-0.05, 0) is 44.9 Å². The monoisotopic (exact) mass is 391 g/mol. The number of para-hydroxylation sites is 1. The number of benzene rings is 1. The van der Waals surface area contributed by atoms with Crippen LogP contribution < -0.4 is 15.5 Å². The molecule has 7 heteroatoms. The third-order valence-corrected chi connectivity index (χ3v) is 5.33. The molecule has 0 aliphatic carbocycles. The van der Waals surface area contributed by atoms with E-state index in [-0.39, 0.29) is 11.9 Å². The molecule has 0 radical (unpaired) electrons. The molecule has 1 unspecified atom stereocenters. The van der Waals surface area contributed by atoms with E-state index in [1.165, 1.54) is 6.07 Å². The van der Waals surface area contributed by atoms with Gasteiger partial charge in [0, 0.05) is 45.9 Å². The van der Waals surface area contributed by atoms with Crippen molar-refractivity contribution in [2.24, 2.45) is 4.99 Å². The van der Waals surface area contributed by atoms with Crippen LogP contribution in [-0.4, -0.2) is 75.9 Å². The van der Waals surface area contributed by atoms with Gasteiger partial charge in [-0.25, -0.2) is 4.39 Å². The molecular formula is C21H34FN5O. The number of aliphatic imine (C=N–C) groups is 1. The van der Waals surface area contributed by atoms with Crippen LogP contribution in [0.25, 0.3) is 0 Å². The van der Waals surface area contributed by atoms with E-state index >= 15 is 0 Å². The summed E-state index contributed by atoms with van der Waals surface area (Å²) < 4.78 is 19.6. The number of ether oxygens (including phenoxy) is 1. The smallest absolute Gasteiger partial charge is 0.191 e. The molecular weight excluding hydrogens is 357 g/mol. The van der Waals surface area contributed by atoms with Gasteiger partial charge in [-0.15, -0.1) is 0 Å². The molecule has 1 atom stereocenters. The summed E-state index contributed by atoms with van der Waals surface area (Å²) in [5.41, 5.74) is 0.724. The summed E-state index contributed by atoms with van der Waals surface area (Å²) >= 11 is 0. The van der Waals surface area contributed by atoms with Gasteiger partial charge >= 0.3 is 0 Å². The lowest BCUT2D eigenvalue weighted by Gasteiger charge is -2.36. The Bertz CT molecular complexity index is 613. The Morgan fingerprint density at radius 1 is 1.21 bits per heavy atom. The zero-order valence-electron chi connectivity index (χ0n) is 17.0. The van der Waals surface area contributed by atoms with Crippen molar-refractivity contribution in [3.63, 3.8) is 0 Å². The SMILES string of the molecule is CCNC(=NCC1CCCO1)NCCCN1CCN(c2ccccc2F)CC1. The molecule has 2 heterocycles. The zero-order chi connectivity index (χ0) is 19.6. The minimum atomic E-state index is -0.126. The highest BCUT2D eigenvalue weighted by Crippen LogP contribution is 2.20. The van der Waals surface area contributed by atoms with Gasteiger partial charge in [0.25, 0.3) is 0 Å². The maximum atomic E-state index is 13.9. The van der Waals surface area contributed by atoms with Gasteiger partial charge in [0.1, 0.15) is 5.82 Å². The molecule has 0 bridgehead atoms. The number of anilines is 1. The van der Waals surface area contributed by atoms with Crippen LogP contribution in [0.5, 0.6) is 0 Å². The Labute approximate surface area is 168 Å². The van der Waals surface area contributed by atoms with Crippen molar-refractivity contribution < 1.29 is 9.13 Å². The molecule has 0 amide bonds. The van der Waals surface area contributed by atoms with Crippen molar-refractivity contribution in [2.45, 2.75) is 32.3 Å². The molecule has 2 saturated heterocycles. The zero-order valence-corrected chi connectivity index (χ0v) is 17.0. The van der Waals surface area contributed by atoms with Crippen molar-refractivity contribution >= 4 is 11.6 Å². The molecule has 1 aromatic rings. The number of rotatable bonds is 8. The van der Waals surface area contributed by atoms with Crippen LogP contribution in [0.15, 0.2) is 29.3 Å². The molecule has 2 N–H and O–H groups in total. The van der Waals surface area contributed by atoms with Crippen LogP contribution in [0.3, 0.4) is 0 Å². The van der Waals surface area contributed by atoms with E-state index < -0.39 is 0 Å². The molecule has 0 spiro atoms. The fourth-order valence-electron chi connectivity index (χ4n) is 3.75. The van der Waals surface area contributed by atoms with Crippen molar-refractivity contribution in [3.05, 3.63) is 30.1 Å². The first-order chi connectivity index (χ1) is 13.8. The summed E-state index contributed by atoms with van der Waals surface area (Å²) in [5.74, 6) is 0.751. The normalized spacial score (nSPS) is 21.1. The van der Waals surface area contributed by atoms with Gasteiger partial charge in [0.15, 0.2) is 5.96 Å². The van der Waals surface area contributed by atoms with E-state index in [9.17, 15) is 4.39 Å². The highest BCUT2D eigenvalue weighted by Gasteiger charge is 2.19. The van der Waals surface area contributed by atoms with Crippen LogP contribution in [0, 0.1) is 5.82 Å². The number of piperazine rings is 1. The Morgan fingerprint density at radius 2 is 2.04 bits per heavy atom. The predicted molar refractivity (Wildman–Crippen MR) is 113 cm³/mol. The van der Waals surface area contributed by atoms with E-state index in [2.05, 4.69) is 32.3 Å². The summed E-state index contributed by atoms with van der Waals surface area (Å²) in [6.45, 7) is 10.2. The molecule has 2 aliphatic heterocycles. The summed E-state index contributed by atoms with van der Waals surface area (Å²) in [7, 11) is 0. The quantitative estimate of drug-likeness (QED) is 0.404. The number of guanidine groups is 1. The molecule has 6 nitrogen and oxygen atoms in total. The van der Waals surface area contributed by atoms with E-state index in [0.717, 1.165) is 89.9 Å².